The number of rotatable bonds is 5. The monoisotopic (exact) mass is 244 g/mol. The van der Waals surface area contributed by atoms with Crippen LogP contribution >= 0.6 is 0 Å². The Morgan fingerprint density at radius 1 is 1.31 bits per heavy atom. The molecule has 4 nitrogen and oxygen atoms in total. The average Bonchev–Trinajstić information content (AvgIpc) is 1.80. The number of hydrogen-bond donors (Lipinski definition) is 2. The molecule has 0 rings (SSSR count). The van der Waals surface area contributed by atoms with Crippen molar-refractivity contribution in [3.8, 4) is 0 Å². The Morgan fingerprint density at radius 3 is 2.08 bits per heavy atom. The van der Waals surface area contributed by atoms with Gasteiger partial charge in [0.15, 0.2) is 0 Å². The Bertz CT molecular complexity index is 157. The molecular formula is C7H20O4SiTi. The first-order valence-corrected chi connectivity index (χ1v) is 10.6. The second kappa shape index (κ2) is 5.02. The Labute approximate surface area is 86.3 Å². The van der Waals surface area contributed by atoms with Gasteiger partial charge in [0.2, 0.25) is 0 Å². The van der Waals surface area contributed by atoms with E-state index in [0.717, 1.165) is 6.42 Å². The Hall–Kier alpha value is 0.771. The molecule has 6 heteroatoms. The maximum atomic E-state index is 9.48. The molecule has 0 aromatic carbocycles. The van der Waals surface area contributed by atoms with Crippen molar-refractivity contribution in [1.29, 1.82) is 0 Å². The SMILES string of the molecule is CCC(C)[O][Ti]([OH])([OH])[O][Si](C)(C)C. The second-order valence-electron chi connectivity index (χ2n) is 4.10. The quantitative estimate of drug-likeness (QED) is 0.719. The molecule has 0 spiro atoms. The van der Waals surface area contributed by atoms with Crippen LogP contribution < -0.4 is 0 Å². The summed E-state index contributed by atoms with van der Waals surface area (Å²) in [5, 5.41) is 0. The van der Waals surface area contributed by atoms with Gasteiger partial charge in [-0.2, -0.15) is 0 Å². The fraction of sp³-hybridized carbons (Fsp3) is 1.00. The van der Waals surface area contributed by atoms with Gasteiger partial charge in [-0.3, -0.25) is 0 Å². The van der Waals surface area contributed by atoms with E-state index in [2.05, 4.69) is 0 Å². The molecule has 0 heterocycles. The zero-order valence-corrected chi connectivity index (χ0v) is 11.6. The van der Waals surface area contributed by atoms with Gasteiger partial charge in [-0.15, -0.1) is 0 Å². The molecule has 0 saturated heterocycles. The summed E-state index contributed by atoms with van der Waals surface area (Å²) in [6, 6.07) is 0. The summed E-state index contributed by atoms with van der Waals surface area (Å²) in [5.41, 5.74) is 0. The van der Waals surface area contributed by atoms with E-state index in [4.69, 9.17) is 6.33 Å². The van der Waals surface area contributed by atoms with E-state index >= 15 is 0 Å². The van der Waals surface area contributed by atoms with Crippen LogP contribution in [0.25, 0.3) is 0 Å². The number of hydrogen-bond acceptors (Lipinski definition) is 4. The minimum atomic E-state index is -4.36. The second-order valence-corrected chi connectivity index (χ2v) is 11.6. The molecule has 2 N–H and O–H groups in total. The van der Waals surface area contributed by atoms with Gasteiger partial charge in [-0.05, 0) is 0 Å². The van der Waals surface area contributed by atoms with Gasteiger partial charge in [0.05, 0.1) is 0 Å². The van der Waals surface area contributed by atoms with Crippen molar-refractivity contribution in [2.24, 2.45) is 0 Å². The summed E-state index contributed by atoms with van der Waals surface area (Å²) in [4.78, 5) is 0. The van der Waals surface area contributed by atoms with Crippen LogP contribution in [0.4, 0.5) is 0 Å². The van der Waals surface area contributed by atoms with Crippen molar-refractivity contribution in [3.05, 3.63) is 0 Å². The van der Waals surface area contributed by atoms with Gasteiger partial charge in [0.1, 0.15) is 0 Å². The molecule has 0 fully saturated rings. The third kappa shape index (κ3) is 7.81. The molecule has 13 heavy (non-hydrogen) atoms. The first-order valence-electron chi connectivity index (χ1n) is 4.49. The van der Waals surface area contributed by atoms with Crippen LogP contribution in [0, 0.1) is 0 Å². The van der Waals surface area contributed by atoms with Crippen molar-refractivity contribution in [2.45, 2.75) is 46.0 Å². The van der Waals surface area contributed by atoms with Crippen molar-refractivity contribution in [1.82, 2.24) is 0 Å². The Morgan fingerprint density at radius 2 is 1.77 bits per heavy atom. The molecule has 0 aliphatic carbocycles. The molecule has 0 radical (unpaired) electrons. The molecule has 0 aromatic heterocycles. The molecule has 0 saturated carbocycles. The van der Waals surface area contributed by atoms with E-state index in [9.17, 15) is 7.38 Å². The van der Waals surface area contributed by atoms with Crippen LogP contribution in [0.2, 0.25) is 19.6 Å². The normalized spacial score (nSPS) is 15.9. The summed E-state index contributed by atoms with van der Waals surface area (Å²) < 4.78 is 29.3. The van der Waals surface area contributed by atoms with Gasteiger partial charge in [-0.1, -0.05) is 0 Å². The predicted molar refractivity (Wildman–Crippen MR) is 49.7 cm³/mol. The first kappa shape index (κ1) is 13.8. The zero-order valence-electron chi connectivity index (χ0n) is 9.00. The van der Waals surface area contributed by atoms with Gasteiger partial charge in [-0.25, -0.2) is 0 Å². The summed E-state index contributed by atoms with van der Waals surface area (Å²) in [7, 11) is -1.91. The van der Waals surface area contributed by atoms with E-state index in [1.54, 1.807) is 6.92 Å². The third-order valence-electron chi connectivity index (χ3n) is 1.37. The van der Waals surface area contributed by atoms with E-state index in [1.165, 1.54) is 0 Å². The van der Waals surface area contributed by atoms with E-state index in [-0.39, 0.29) is 6.10 Å². The van der Waals surface area contributed by atoms with E-state index < -0.39 is 26.5 Å². The van der Waals surface area contributed by atoms with Crippen molar-refractivity contribution in [3.63, 3.8) is 0 Å². The minimum absolute atomic E-state index is 0.147. The molecule has 0 bridgehead atoms. The summed E-state index contributed by atoms with van der Waals surface area (Å²) in [6.45, 7) is 9.44. The topological polar surface area (TPSA) is 58.9 Å². The van der Waals surface area contributed by atoms with Crippen LogP contribution in [-0.4, -0.2) is 21.8 Å². The van der Waals surface area contributed by atoms with Crippen molar-refractivity contribution in [2.75, 3.05) is 0 Å². The predicted octanol–water partition coefficient (Wildman–Crippen LogP) is 1.45. The first-order chi connectivity index (χ1) is 5.66. The van der Waals surface area contributed by atoms with Crippen molar-refractivity contribution < 1.29 is 31.8 Å². The molecule has 0 amide bonds. The molecule has 0 aliphatic rings. The zero-order chi connectivity index (χ0) is 10.7. The maximum absolute atomic E-state index is 9.48. The Balaban J connectivity index is 4.08. The molecule has 1 unspecified atom stereocenters. The van der Waals surface area contributed by atoms with Crippen LogP contribution in [0.5, 0.6) is 0 Å². The summed E-state index contributed by atoms with van der Waals surface area (Å²) in [5.74, 6) is 0. The van der Waals surface area contributed by atoms with Crippen molar-refractivity contribution >= 4 is 8.32 Å². The molecule has 0 aliphatic heterocycles. The van der Waals surface area contributed by atoms with Gasteiger partial charge >= 0.3 is 86.2 Å². The molecule has 1 atom stereocenters. The van der Waals surface area contributed by atoms with Gasteiger partial charge < -0.3 is 0 Å². The molecular weight excluding hydrogens is 224 g/mol. The fourth-order valence-corrected chi connectivity index (χ4v) is 6.66. The van der Waals surface area contributed by atoms with Crippen LogP contribution in [0.1, 0.15) is 20.3 Å². The van der Waals surface area contributed by atoms with Crippen LogP contribution in [0.15, 0.2) is 0 Å². The fourth-order valence-electron chi connectivity index (χ4n) is 0.768. The van der Waals surface area contributed by atoms with Crippen LogP contribution in [0.3, 0.4) is 0 Å². The molecule has 0 aromatic rings. The van der Waals surface area contributed by atoms with E-state index in [0.29, 0.717) is 0 Å². The van der Waals surface area contributed by atoms with Gasteiger partial charge in [0, 0.05) is 0 Å². The summed E-state index contributed by atoms with van der Waals surface area (Å²) >= 11 is -4.36. The third-order valence-corrected chi connectivity index (χ3v) is 7.47. The van der Waals surface area contributed by atoms with E-state index in [1.807, 2.05) is 26.6 Å². The average molecular weight is 244 g/mol. The Kier molecular flexibility index (Phi) is 5.32. The molecule has 80 valence electrons. The van der Waals surface area contributed by atoms with Gasteiger partial charge in [0.25, 0.3) is 0 Å². The van der Waals surface area contributed by atoms with Crippen LogP contribution in [-0.2, 0) is 24.5 Å². The standard InChI is InChI=1S/C4H9O.C3H9OSi.2H2O.Ti/c1-3-4(2)5;1-5(2,3)4;;;/h4H,3H2,1-2H3;1-3H3;2*1H2;/q2*-1;;;+4/p-2. The summed E-state index contributed by atoms with van der Waals surface area (Å²) in [6.07, 6.45) is 0.606.